The van der Waals surface area contributed by atoms with Crippen LogP contribution < -0.4 is 14.9 Å². The zero-order chi connectivity index (χ0) is 17.1. The second-order valence-corrected chi connectivity index (χ2v) is 6.22. The van der Waals surface area contributed by atoms with E-state index in [2.05, 4.69) is 20.5 Å². The van der Waals surface area contributed by atoms with Gasteiger partial charge in [0.05, 0.1) is 23.0 Å². The normalized spacial score (nSPS) is 12.8. The van der Waals surface area contributed by atoms with Crippen LogP contribution in [0, 0.1) is 0 Å². The number of benzene rings is 2. The molecule has 2 N–H and O–H groups in total. The molecule has 1 aliphatic rings. The number of aromatic amines is 1. The molecule has 3 aromatic rings. The molecule has 2 aromatic carbocycles. The zero-order valence-electron chi connectivity index (χ0n) is 13.1. The Kier molecular flexibility index (Phi) is 4.26. The van der Waals surface area contributed by atoms with Crippen molar-refractivity contribution in [3.8, 4) is 11.5 Å². The largest absolute Gasteiger partial charge is 0.454 e. The van der Waals surface area contributed by atoms with Crippen molar-refractivity contribution >= 4 is 34.9 Å². The maximum absolute atomic E-state index is 11.9. The number of carbonyl (C=O) groups excluding carboxylic acids is 1. The highest BCUT2D eigenvalue weighted by Crippen LogP contribution is 2.31. The Morgan fingerprint density at radius 1 is 1.28 bits per heavy atom. The number of para-hydroxylation sites is 2. The van der Waals surface area contributed by atoms with Crippen LogP contribution in [0.15, 0.2) is 52.7 Å². The molecule has 2 heterocycles. The number of aromatic nitrogens is 2. The molecule has 1 aliphatic heterocycles. The molecule has 0 radical (unpaired) electrons. The molecule has 0 aliphatic carbocycles. The first-order valence-corrected chi connectivity index (χ1v) is 8.55. The Hall–Kier alpha value is -3.00. The Balaban J connectivity index is 1.30. The molecule has 1 aromatic heterocycles. The smallest absolute Gasteiger partial charge is 0.250 e. The summed E-state index contributed by atoms with van der Waals surface area (Å²) in [7, 11) is 0. The summed E-state index contributed by atoms with van der Waals surface area (Å²) >= 11 is 1.33. The van der Waals surface area contributed by atoms with Crippen LogP contribution in [0.5, 0.6) is 11.5 Å². The summed E-state index contributed by atoms with van der Waals surface area (Å²) in [5.74, 6) is 1.40. The van der Waals surface area contributed by atoms with Crippen molar-refractivity contribution in [1.82, 2.24) is 15.4 Å². The van der Waals surface area contributed by atoms with E-state index in [4.69, 9.17) is 9.47 Å². The van der Waals surface area contributed by atoms with Crippen molar-refractivity contribution in [3.05, 3.63) is 48.0 Å². The van der Waals surface area contributed by atoms with Crippen molar-refractivity contribution in [1.29, 1.82) is 0 Å². The number of nitrogens with zero attached hydrogens (tertiary/aromatic N) is 2. The van der Waals surface area contributed by atoms with Gasteiger partial charge in [-0.1, -0.05) is 23.9 Å². The van der Waals surface area contributed by atoms with Crippen LogP contribution in [0.1, 0.15) is 5.56 Å². The number of imidazole rings is 1. The number of ether oxygens (including phenoxy) is 2. The second kappa shape index (κ2) is 6.86. The Bertz CT molecular complexity index is 921. The van der Waals surface area contributed by atoms with E-state index in [1.165, 1.54) is 11.8 Å². The van der Waals surface area contributed by atoms with Crippen LogP contribution in [0.25, 0.3) is 11.0 Å². The number of amides is 1. The van der Waals surface area contributed by atoms with Gasteiger partial charge in [0.2, 0.25) is 6.79 Å². The number of hydrogen-bond acceptors (Lipinski definition) is 6. The van der Waals surface area contributed by atoms with E-state index in [1.807, 2.05) is 36.4 Å². The molecule has 4 rings (SSSR count). The van der Waals surface area contributed by atoms with Gasteiger partial charge < -0.3 is 14.5 Å². The minimum absolute atomic E-state index is 0.206. The van der Waals surface area contributed by atoms with Crippen molar-refractivity contribution in [2.45, 2.75) is 5.16 Å². The van der Waals surface area contributed by atoms with Gasteiger partial charge in [-0.2, -0.15) is 5.10 Å². The third-order valence-corrected chi connectivity index (χ3v) is 4.38. The van der Waals surface area contributed by atoms with Crippen molar-refractivity contribution in [2.75, 3.05) is 12.5 Å². The van der Waals surface area contributed by atoms with Gasteiger partial charge in [0.15, 0.2) is 16.7 Å². The third-order valence-electron chi connectivity index (χ3n) is 3.51. The van der Waals surface area contributed by atoms with Gasteiger partial charge in [0.1, 0.15) is 0 Å². The molecule has 8 heteroatoms. The summed E-state index contributed by atoms with van der Waals surface area (Å²) in [5, 5.41) is 4.66. The second-order valence-electron chi connectivity index (χ2n) is 5.25. The van der Waals surface area contributed by atoms with Gasteiger partial charge in [0, 0.05) is 0 Å². The quantitative estimate of drug-likeness (QED) is 0.418. The van der Waals surface area contributed by atoms with E-state index in [1.54, 1.807) is 12.3 Å². The van der Waals surface area contributed by atoms with E-state index in [0.717, 1.165) is 16.6 Å². The lowest BCUT2D eigenvalue weighted by Gasteiger charge is -1.99. The van der Waals surface area contributed by atoms with Crippen molar-refractivity contribution < 1.29 is 14.3 Å². The average molecular weight is 354 g/mol. The average Bonchev–Trinajstić information content (AvgIpc) is 3.25. The summed E-state index contributed by atoms with van der Waals surface area (Å²) in [6.45, 7) is 0.228. The predicted octanol–water partition coefficient (Wildman–Crippen LogP) is 2.53. The molecular weight excluding hydrogens is 340 g/mol. The summed E-state index contributed by atoms with van der Waals surface area (Å²) < 4.78 is 10.5. The number of rotatable bonds is 5. The van der Waals surface area contributed by atoms with E-state index >= 15 is 0 Å². The van der Waals surface area contributed by atoms with E-state index < -0.39 is 0 Å². The number of carbonyl (C=O) groups is 1. The fraction of sp³-hybridized carbons (Fsp3) is 0.118. The number of nitrogens with one attached hydrogen (secondary N) is 2. The standard InChI is InChI=1S/C17H14N4O3S/c22-16(9-25-17-19-12-3-1-2-4-13(12)20-17)21-18-8-11-5-6-14-15(7-11)24-10-23-14/h1-8H,9-10H2,(H,19,20)(H,21,22)/b18-8+. The van der Waals surface area contributed by atoms with Gasteiger partial charge in [-0.05, 0) is 35.9 Å². The first kappa shape index (κ1) is 15.5. The zero-order valence-corrected chi connectivity index (χ0v) is 13.9. The maximum Gasteiger partial charge on any atom is 0.250 e. The van der Waals surface area contributed by atoms with Gasteiger partial charge >= 0.3 is 0 Å². The summed E-state index contributed by atoms with van der Waals surface area (Å²) in [6, 6.07) is 13.2. The fourth-order valence-electron chi connectivity index (χ4n) is 2.34. The van der Waals surface area contributed by atoms with Crippen LogP contribution in [-0.4, -0.2) is 34.6 Å². The number of hydrazone groups is 1. The topological polar surface area (TPSA) is 88.6 Å². The number of hydrogen-bond donors (Lipinski definition) is 2. The van der Waals surface area contributed by atoms with Crippen LogP contribution >= 0.6 is 11.8 Å². The number of thioether (sulfide) groups is 1. The third kappa shape index (κ3) is 3.58. The molecule has 0 bridgehead atoms. The van der Waals surface area contributed by atoms with Crippen LogP contribution in [0.4, 0.5) is 0 Å². The predicted molar refractivity (Wildman–Crippen MR) is 95.1 cm³/mol. The molecule has 1 amide bonds. The number of H-pyrrole nitrogens is 1. The van der Waals surface area contributed by atoms with E-state index in [0.29, 0.717) is 16.7 Å². The van der Waals surface area contributed by atoms with Crippen LogP contribution in [0.3, 0.4) is 0 Å². The molecule has 0 spiro atoms. The highest BCUT2D eigenvalue weighted by molar-refractivity contribution is 7.99. The Morgan fingerprint density at radius 3 is 3.08 bits per heavy atom. The van der Waals surface area contributed by atoms with Crippen LogP contribution in [-0.2, 0) is 4.79 Å². The fourth-order valence-corrected chi connectivity index (χ4v) is 3.01. The summed E-state index contributed by atoms with van der Waals surface area (Å²) in [6.07, 6.45) is 1.56. The molecule has 0 saturated heterocycles. The first-order valence-electron chi connectivity index (χ1n) is 7.57. The highest BCUT2D eigenvalue weighted by atomic mass is 32.2. The summed E-state index contributed by atoms with van der Waals surface area (Å²) in [5.41, 5.74) is 5.14. The minimum Gasteiger partial charge on any atom is -0.454 e. The van der Waals surface area contributed by atoms with Gasteiger partial charge in [-0.3, -0.25) is 4.79 Å². The molecule has 25 heavy (non-hydrogen) atoms. The molecule has 0 unspecified atom stereocenters. The Labute approximate surface area is 147 Å². The molecular formula is C17H14N4O3S. The Morgan fingerprint density at radius 2 is 2.16 bits per heavy atom. The molecule has 0 atom stereocenters. The SMILES string of the molecule is O=C(CSc1nc2ccccc2[nH]1)N/N=C/c1ccc2c(c1)OCO2. The molecule has 0 fully saturated rings. The molecule has 0 saturated carbocycles. The highest BCUT2D eigenvalue weighted by Gasteiger charge is 2.12. The van der Waals surface area contributed by atoms with Gasteiger partial charge in [-0.15, -0.1) is 0 Å². The van der Waals surface area contributed by atoms with E-state index in [9.17, 15) is 4.79 Å². The van der Waals surface area contributed by atoms with Gasteiger partial charge in [0.25, 0.3) is 5.91 Å². The van der Waals surface area contributed by atoms with E-state index in [-0.39, 0.29) is 18.5 Å². The summed E-state index contributed by atoms with van der Waals surface area (Å²) in [4.78, 5) is 19.5. The lowest BCUT2D eigenvalue weighted by molar-refractivity contribution is -0.118. The van der Waals surface area contributed by atoms with Crippen molar-refractivity contribution in [3.63, 3.8) is 0 Å². The van der Waals surface area contributed by atoms with Crippen molar-refractivity contribution in [2.24, 2.45) is 5.10 Å². The van der Waals surface area contributed by atoms with Gasteiger partial charge in [-0.25, -0.2) is 10.4 Å². The first-order chi connectivity index (χ1) is 12.3. The minimum atomic E-state index is -0.206. The number of fused-ring (bicyclic) bond motifs is 2. The monoisotopic (exact) mass is 354 g/mol. The molecule has 126 valence electrons. The maximum atomic E-state index is 11.9. The lowest BCUT2D eigenvalue weighted by Crippen LogP contribution is -2.19. The van der Waals surface area contributed by atoms with Crippen LogP contribution in [0.2, 0.25) is 0 Å². The molecule has 7 nitrogen and oxygen atoms in total. The lowest BCUT2D eigenvalue weighted by atomic mass is 10.2.